The maximum absolute atomic E-state index is 13.5. The maximum Gasteiger partial charge on any atom is 0.434 e. The molecule has 0 spiro atoms. The first kappa shape index (κ1) is 17.6. The summed E-state index contributed by atoms with van der Waals surface area (Å²) in [7, 11) is 0. The standard InChI is InChI=1S/C17H13F5N4O/c1-9-2-3-26-12(4-9)24-14(17(20,21)22)13(15(26)27)10-6-23-25(7-10)8-11-5-16(11,18)19/h2-4,6-7,11H,5,8H2,1H3. The van der Waals surface area contributed by atoms with Crippen molar-refractivity contribution in [2.24, 2.45) is 5.92 Å². The molecule has 1 saturated carbocycles. The fraction of sp³-hybridized carbons (Fsp3) is 0.353. The number of halogens is 5. The van der Waals surface area contributed by atoms with Crippen LogP contribution in [0.15, 0.2) is 35.5 Å². The van der Waals surface area contributed by atoms with Gasteiger partial charge in [-0.2, -0.15) is 18.3 Å². The van der Waals surface area contributed by atoms with Gasteiger partial charge in [0.05, 0.1) is 11.8 Å². The van der Waals surface area contributed by atoms with Gasteiger partial charge < -0.3 is 0 Å². The van der Waals surface area contributed by atoms with Crippen molar-refractivity contribution in [1.82, 2.24) is 19.2 Å². The van der Waals surface area contributed by atoms with Crippen molar-refractivity contribution in [2.75, 3.05) is 0 Å². The fourth-order valence-electron chi connectivity index (χ4n) is 2.99. The molecule has 0 saturated heterocycles. The average molecular weight is 384 g/mol. The minimum absolute atomic E-state index is 0.112. The van der Waals surface area contributed by atoms with Gasteiger partial charge in [-0.3, -0.25) is 13.9 Å². The second-order valence-electron chi connectivity index (χ2n) is 6.68. The molecule has 27 heavy (non-hydrogen) atoms. The Morgan fingerprint density at radius 2 is 2.04 bits per heavy atom. The SMILES string of the molecule is Cc1ccn2c(=O)c(-c3cnn(CC4CC4(F)F)c3)c(C(F)(F)F)nc2c1. The average Bonchev–Trinajstić information content (AvgIpc) is 2.94. The van der Waals surface area contributed by atoms with Crippen LogP contribution in [-0.4, -0.2) is 25.1 Å². The summed E-state index contributed by atoms with van der Waals surface area (Å²) in [6.07, 6.45) is -1.57. The van der Waals surface area contributed by atoms with Gasteiger partial charge in [0.2, 0.25) is 0 Å². The smallest absolute Gasteiger partial charge is 0.272 e. The lowest BCUT2D eigenvalue weighted by Crippen LogP contribution is -2.24. The topological polar surface area (TPSA) is 52.2 Å². The Bertz CT molecular complexity index is 1100. The molecule has 1 aliphatic carbocycles. The van der Waals surface area contributed by atoms with Gasteiger partial charge in [-0.1, -0.05) is 0 Å². The highest BCUT2D eigenvalue weighted by Gasteiger charge is 2.56. The maximum atomic E-state index is 13.5. The summed E-state index contributed by atoms with van der Waals surface area (Å²) in [5.74, 6) is -3.67. The van der Waals surface area contributed by atoms with E-state index < -0.39 is 34.8 Å². The number of alkyl halides is 5. The Kier molecular flexibility index (Phi) is 3.66. The number of nitrogens with zero attached hydrogens (tertiary/aromatic N) is 4. The molecule has 3 aromatic heterocycles. The van der Waals surface area contributed by atoms with Crippen LogP contribution >= 0.6 is 0 Å². The quantitative estimate of drug-likeness (QED) is 0.649. The molecule has 142 valence electrons. The summed E-state index contributed by atoms with van der Waals surface area (Å²) in [5, 5.41) is 3.84. The number of aromatic nitrogens is 4. The van der Waals surface area contributed by atoms with Crippen LogP contribution < -0.4 is 5.56 Å². The molecule has 3 heterocycles. The number of pyridine rings is 1. The lowest BCUT2D eigenvalue weighted by atomic mass is 10.1. The molecule has 4 rings (SSSR count). The molecule has 0 aromatic carbocycles. The Morgan fingerprint density at radius 3 is 2.67 bits per heavy atom. The molecular formula is C17H13F5N4O. The zero-order chi connectivity index (χ0) is 19.6. The third-order valence-electron chi connectivity index (χ3n) is 4.54. The van der Waals surface area contributed by atoms with E-state index in [1.54, 1.807) is 13.0 Å². The van der Waals surface area contributed by atoms with Gasteiger partial charge in [0.1, 0.15) is 5.65 Å². The van der Waals surface area contributed by atoms with E-state index in [0.717, 1.165) is 15.3 Å². The Labute approximate surface area is 149 Å². The second-order valence-corrected chi connectivity index (χ2v) is 6.68. The first-order chi connectivity index (χ1) is 12.6. The van der Waals surface area contributed by atoms with Crippen LogP contribution in [0.1, 0.15) is 17.7 Å². The summed E-state index contributed by atoms with van der Waals surface area (Å²) in [5.41, 5.74) is -2.46. The van der Waals surface area contributed by atoms with Crippen LogP contribution in [0.2, 0.25) is 0 Å². The Hall–Kier alpha value is -2.78. The highest BCUT2D eigenvalue weighted by atomic mass is 19.4. The van der Waals surface area contributed by atoms with Crippen molar-refractivity contribution in [3.05, 3.63) is 52.3 Å². The van der Waals surface area contributed by atoms with Crippen LogP contribution in [-0.2, 0) is 12.7 Å². The highest BCUT2D eigenvalue weighted by molar-refractivity contribution is 5.66. The molecule has 0 radical (unpaired) electrons. The van der Waals surface area contributed by atoms with Crippen molar-refractivity contribution in [3.63, 3.8) is 0 Å². The molecule has 10 heteroatoms. The van der Waals surface area contributed by atoms with Crippen LogP contribution in [0.5, 0.6) is 0 Å². The van der Waals surface area contributed by atoms with Crippen LogP contribution in [0.4, 0.5) is 22.0 Å². The van der Waals surface area contributed by atoms with Crippen LogP contribution in [0.3, 0.4) is 0 Å². The lowest BCUT2D eigenvalue weighted by Gasteiger charge is -2.12. The third kappa shape index (κ3) is 3.08. The van der Waals surface area contributed by atoms with Crippen LogP contribution in [0, 0.1) is 12.8 Å². The van der Waals surface area contributed by atoms with E-state index in [1.165, 1.54) is 18.5 Å². The predicted molar refractivity (Wildman–Crippen MR) is 85.5 cm³/mol. The molecule has 5 nitrogen and oxygen atoms in total. The van der Waals surface area contributed by atoms with Gasteiger partial charge in [-0.15, -0.1) is 0 Å². The summed E-state index contributed by atoms with van der Waals surface area (Å²) in [4.78, 5) is 16.4. The first-order valence-corrected chi connectivity index (χ1v) is 8.07. The number of aryl methyl sites for hydroxylation is 1. The van der Waals surface area contributed by atoms with Crippen molar-refractivity contribution < 1.29 is 22.0 Å². The third-order valence-corrected chi connectivity index (χ3v) is 4.54. The van der Waals surface area contributed by atoms with Gasteiger partial charge in [0.25, 0.3) is 11.5 Å². The summed E-state index contributed by atoms with van der Waals surface area (Å²) in [6.45, 7) is 1.54. The van der Waals surface area contributed by atoms with E-state index in [2.05, 4.69) is 10.1 Å². The van der Waals surface area contributed by atoms with E-state index in [1.807, 2.05) is 0 Å². The molecule has 1 atom stereocenters. The lowest BCUT2D eigenvalue weighted by molar-refractivity contribution is -0.140. The highest BCUT2D eigenvalue weighted by Crippen LogP contribution is 2.49. The van der Waals surface area contributed by atoms with Crippen molar-refractivity contribution >= 4 is 5.65 Å². The summed E-state index contributed by atoms with van der Waals surface area (Å²) >= 11 is 0. The Morgan fingerprint density at radius 1 is 1.33 bits per heavy atom. The van der Waals surface area contributed by atoms with E-state index in [0.29, 0.717) is 5.56 Å². The molecule has 3 aromatic rings. The number of hydrogen-bond acceptors (Lipinski definition) is 3. The normalized spacial score (nSPS) is 18.8. The molecular weight excluding hydrogens is 371 g/mol. The largest absolute Gasteiger partial charge is 0.434 e. The minimum Gasteiger partial charge on any atom is -0.272 e. The zero-order valence-corrected chi connectivity index (χ0v) is 14.0. The van der Waals surface area contributed by atoms with Gasteiger partial charge in [0.15, 0.2) is 5.69 Å². The van der Waals surface area contributed by atoms with Crippen molar-refractivity contribution in [3.8, 4) is 11.1 Å². The molecule has 0 amide bonds. The monoisotopic (exact) mass is 384 g/mol. The Balaban J connectivity index is 1.85. The molecule has 1 aliphatic rings. The predicted octanol–water partition coefficient (Wildman–Crippen LogP) is 3.54. The van der Waals surface area contributed by atoms with Crippen LogP contribution in [0.25, 0.3) is 16.8 Å². The van der Waals surface area contributed by atoms with Gasteiger partial charge in [-0.05, 0) is 24.6 Å². The number of fused-ring (bicyclic) bond motifs is 1. The van der Waals surface area contributed by atoms with Gasteiger partial charge >= 0.3 is 6.18 Å². The van der Waals surface area contributed by atoms with E-state index in [4.69, 9.17) is 0 Å². The minimum atomic E-state index is -4.86. The van der Waals surface area contributed by atoms with E-state index in [9.17, 15) is 26.7 Å². The number of hydrogen-bond donors (Lipinski definition) is 0. The van der Waals surface area contributed by atoms with Crippen molar-refractivity contribution in [2.45, 2.75) is 32.0 Å². The molecule has 1 unspecified atom stereocenters. The summed E-state index contributed by atoms with van der Waals surface area (Å²) in [6, 6.07) is 2.95. The van der Waals surface area contributed by atoms with E-state index in [-0.39, 0.29) is 24.2 Å². The molecule has 0 aliphatic heterocycles. The molecule has 0 bridgehead atoms. The van der Waals surface area contributed by atoms with E-state index >= 15 is 0 Å². The zero-order valence-electron chi connectivity index (χ0n) is 14.0. The van der Waals surface area contributed by atoms with Gasteiger partial charge in [-0.25, -0.2) is 13.8 Å². The second kappa shape index (κ2) is 5.61. The molecule has 1 fully saturated rings. The summed E-state index contributed by atoms with van der Waals surface area (Å²) < 4.78 is 68.8. The van der Waals surface area contributed by atoms with Crippen molar-refractivity contribution in [1.29, 1.82) is 0 Å². The molecule has 0 N–H and O–H groups in total. The fourth-order valence-corrected chi connectivity index (χ4v) is 2.99. The van der Waals surface area contributed by atoms with Gasteiger partial charge in [0, 0.05) is 36.8 Å². The number of rotatable bonds is 3. The first-order valence-electron chi connectivity index (χ1n) is 8.07.